The summed E-state index contributed by atoms with van der Waals surface area (Å²) in [5, 5.41) is 2.27. The van der Waals surface area contributed by atoms with Crippen molar-refractivity contribution in [3.8, 4) is 11.1 Å². The van der Waals surface area contributed by atoms with Crippen molar-refractivity contribution in [3.05, 3.63) is 58.4 Å². The zero-order chi connectivity index (χ0) is 24.7. The number of anilines is 2. The molecule has 0 aliphatic carbocycles. The molecule has 1 aromatic heterocycles. The molecule has 0 amide bonds. The lowest BCUT2D eigenvalue weighted by Gasteiger charge is -2.23. The molecule has 2 aromatic carbocycles. The lowest BCUT2D eigenvalue weighted by atomic mass is 10.00. The molecular formula is C24H29F3N4O2Si. The normalized spacial score (nSPS) is 14.1. The Morgan fingerprint density at radius 1 is 1.15 bits per heavy atom. The molecule has 0 saturated carbocycles. The van der Waals surface area contributed by atoms with Gasteiger partial charge in [-0.3, -0.25) is 14.4 Å². The highest BCUT2D eigenvalue weighted by Gasteiger charge is 2.33. The number of hydrogen-bond donors (Lipinski definition) is 2. The van der Waals surface area contributed by atoms with E-state index in [0.717, 1.165) is 10.6 Å². The summed E-state index contributed by atoms with van der Waals surface area (Å²) in [5.74, 6) is 0. The maximum atomic E-state index is 13.4. The topological polar surface area (TPSA) is 72.5 Å². The van der Waals surface area contributed by atoms with Gasteiger partial charge >= 0.3 is 6.18 Å². The number of alkyl halides is 3. The van der Waals surface area contributed by atoms with Gasteiger partial charge in [0.05, 0.1) is 16.8 Å². The lowest BCUT2D eigenvalue weighted by molar-refractivity contribution is -0.140. The molecule has 4 rings (SSSR count). The van der Waals surface area contributed by atoms with Gasteiger partial charge in [-0.2, -0.15) is 13.2 Å². The first-order valence-corrected chi connectivity index (χ1v) is 14.9. The monoisotopic (exact) mass is 490 g/mol. The Balaban J connectivity index is 1.80. The largest absolute Gasteiger partial charge is 0.406 e. The number of nitrogen functional groups attached to an aromatic ring is 1. The van der Waals surface area contributed by atoms with E-state index in [0.29, 0.717) is 40.1 Å². The summed E-state index contributed by atoms with van der Waals surface area (Å²) in [6.45, 7) is 6.34. The van der Waals surface area contributed by atoms with Crippen LogP contribution < -0.4 is 21.7 Å². The number of nitrogens with one attached hydrogen (secondary N) is 1. The number of para-hydroxylation sites is 1. The van der Waals surface area contributed by atoms with Crippen LogP contribution in [0.4, 0.5) is 24.5 Å². The van der Waals surface area contributed by atoms with Crippen molar-refractivity contribution < 1.29 is 17.9 Å². The SMILES string of the molecule is C[Si](C)(C)CCOCN1NCc2c1c1ccc(-c3ccccc3N)cc1n(CC(F)(F)F)c2=O. The Kier molecular flexibility index (Phi) is 6.49. The van der Waals surface area contributed by atoms with Crippen molar-refractivity contribution in [1.29, 1.82) is 0 Å². The van der Waals surface area contributed by atoms with E-state index in [2.05, 4.69) is 25.1 Å². The first-order chi connectivity index (χ1) is 15.9. The van der Waals surface area contributed by atoms with Crippen LogP contribution in [-0.2, 0) is 17.8 Å². The molecule has 2 heterocycles. The fraction of sp³-hybridized carbons (Fsp3) is 0.375. The third kappa shape index (κ3) is 5.13. The number of ether oxygens (including phenoxy) is 1. The van der Waals surface area contributed by atoms with Gasteiger partial charge in [0.1, 0.15) is 13.3 Å². The first-order valence-electron chi connectivity index (χ1n) is 11.1. The zero-order valence-electron chi connectivity index (χ0n) is 19.5. The van der Waals surface area contributed by atoms with Gasteiger partial charge in [-0.1, -0.05) is 50.0 Å². The van der Waals surface area contributed by atoms with Crippen molar-refractivity contribution in [1.82, 2.24) is 9.99 Å². The molecule has 0 bridgehead atoms. The first kappa shape index (κ1) is 24.3. The summed E-state index contributed by atoms with van der Waals surface area (Å²) in [5.41, 5.74) is 11.5. The highest BCUT2D eigenvalue weighted by molar-refractivity contribution is 6.76. The molecule has 0 unspecified atom stereocenters. The highest BCUT2D eigenvalue weighted by Crippen LogP contribution is 2.36. The van der Waals surface area contributed by atoms with Crippen molar-refractivity contribution >= 4 is 30.4 Å². The minimum Gasteiger partial charge on any atom is -0.398 e. The van der Waals surface area contributed by atoms with Crippen LogP contribution >= 0.6 is 0 Å². The second-order valence-electron chi connectivity index (χ2n) is 9.76. The average Bonchev–Trinajstić information content (AvgIpc) is 3.17. The molecule has 6 nitrogen and oxygen atoms in total. The predicted molar refractivity (Wildman–Crippen MR) is 132 cm³/mol. The van der Waals surface area contributed by atoms with E-state index in [1.54, 1.807) is 35.3 Å². The Labute approximate surface area is 197 Å². The second kappa shape index (κ2) is 9.08. The van der Waals surface area contributed by atoms with Gasteiger partial charge in [-0.05, 0) is 23.7 Å². The van der Waals surface area contributed by atoms with E-state index in [9.17, 15) is 18.0 Å². The van der Waals surface area contributed by atoms with E-state index in [-0.39, 0.29) is 18.8 Å². The smallest absolute Gasteiger partial charge is 0.398 e. The quantitative estimate of drug-likeness (QED) is 0.279. The van der Waals surface area contributed by atoms with E-state index in [1.807, 2.05) is 12.1 Å². The number of aromatic nitrogens is 1. The van der Waals surface area contributed by atoms with Gasteiger partial charge in [0, 0.05) is 37.9 Å². The summed E-state index contributed by atoms with van der Waals surface area (Å²) in [7, 11) is -1.27. The summed E-state index contributed by atoms with van der Waals surface area (Å²) < 4.78 is 47.0. The minimum atomic E-state index is -4.54. The van der Waals surface area contributed by atoms with Crippen molar-refractivity contribution in [2.75, 3.05) is 24.1 Å². The van der Waals surface area contributed by atoms with Crippen LogP contribution in [0.15, 0.2) is 47.3 Å². The number of nitrogens with two attached hydrogens (primary N) is 1. The van der Waals surface area contributed by atoms with Crippen molar-refractivity contribution in [2.45, 2.75) is 45.0 Å². The molecule has 1 aliphatic rings. The van der Waals surface area contributed by atoms with E-state index in [1.165, 1.54) is 0 Å². The number of rotatable bonds is 7. The van der Waals surface area contributed by atoms with Crippen LogP contribution in [0.1, 0.15) is 5.56 Å². The third-order valence-electron chi connectivity index (χ3n) is 5.88. The Hall–Kier alpha value is -2.82. The zero-order valence-corrected chi connectivity index (χ0v) is 20.5. The molecule has 0 radical (unpaired) electrons. The second-order valence-corrected chi connectivity index (χ2v) is 15.4. The molecule has 0 fully saturated rings. The fourth-order valence-corrected chi connectivity index (χ4v) is 4.88. The number of fused-ring (bicyclic) bond motifs is 3. The minimum absolute atomic E-state index is 0.146. The molecule has 10 heteroatoms. The van der Waals surface area contributed by atoms with Crippen LogP contribution in [0.25, 0.3) is 22.0 Å². The van der Waals surface area contributed by atoms with Gasteiger partial charge < -0.3 is 10.5 Å². The number of hydrazine groups is 1. The third-order valence-corrected chi connectivity index (χ3v) is 7.58. The molecule has 1 aliphatic heterocycles. The van der Waals surface area contributed by atoms with Crippen molar-refractivity contribution in [3.63, 3.8) is 0 Å². The molecule has 3 N–H and O–H groups in total. The molecule has 3 aromatic rings. The number of benzene rings is 2. The van der Waals surface area contributed by atoms with Crippen LogP contribution in [0.2, 0.25) is 25.7 Å². The molecule has 34 heavy (non-hydrogen) atoms. The molecule has 182 valence electrons. The number of nitrogens with zero attached hydrogens (tertiary/aromatic N) is 2. The number of pyridine rings is 1. The Morgan fingerprint density at radius 2 is 1.88 bits per heavy atom. The maximum absolute atomic E-state index is 13.4. The molecule has 0 atom stereocenters. The van der Waals surface area contributed by atoms with Crippen LogP contribution in [-0.4, -0.2) is 32.2 Å². The van der Waals surface area contributed by atoms with E-state index >= 15 is 0 Å². The van der Waals surface area contributed by atoms with Crippen LogP contribution in [0.3, 0.4) is 0 Å². The highest BCUT2D eigenvalue weighted by atomic mass is 28.3. The standard InChI is InChI=1S/C24H29F3N4O2Si/c1-34(2,3)11-10-33-15-31-22-18-9-8-16(17-6-4-5-7-20(17)28)12-21(18)30(14-24(25,26)27)23(32)19(22)13-29-31/h4-9,12,29H,10-11,13-15,28H2,1-3H3. The summed E-state index contributed by atoms with van der Waals surface area (Å²) in [6.07, 6.45) is -4.54. The summed E-state index contributed by atoms with van der Waals surface area (Å²) >= 11 is 0. The van der Waals surface area contributed by atoms with Crippen molar-refractivity contribution in [2.24, 2.45) is 0 Å². The van der Waals surface area contributed by atoms with Gasteiger partial charge in [-0.25, -0.2) is 5.43 Å². The van der Waals surface area contributed by atoms with Crippen LogP contribution in [0.5, 0.6) is 0 Å². The predicted octanol–water partition coefficient (Wildman–Crippen LogP) is 4.95. The maximum Gasteiger partial charge on any atom is 0.406 e. The average molecular weight is 491 g/mol. The number of hydrogen-bond acceptors (Lipinski definition) is 5. The van der Waals surface area contributed by atoms with Gasteiger partial charge in [0.2, 0.25) is 0 Å². The summed E-state index contributed by atoms with van der Waals surface area (Å²) in [6, 6.07) is 13.3. The van der Waals surface area contributed by atoms with E-state index < -0.39 is 26.4 Å². The van der Waals surface area contributed by atoms with Gasteiger partial charge in [-0.15, -0.1) is 0 Å². The number of halogens is 3. The van der Waals surface area contributed by atoms with Gasteiger partial charge in [0.15, 0.2) is 0 Å². The molecular weight excluding hydrogens is 461 g/mol. The van der Waals surface area contributed by atoms with E-state index in [4.69, 9.17) is 10.5 Å². The molecule has 0 spiro atoms. The Morgan fingerprint density at radius 3 is 2.56 bits per heavy atom. The fourth-order valence-electron chi connectivity index (χ4n) is 4.12. The molecule has 0 saturated heterocycles. The lowest BCUT2D eigenvalue weighted by Crippen LogP contribution is -2.35. The summed E-state index contributed by atoms with van der Waals surface area (Å²) in [4.78, 5) is 13.2. The van der Waals surface area contributed by atoms with Gasteiger partial charge in [0.25, 0.3) is 5.56 Å². The van der Waals surface area contributed by atoms with Crippen LogP contribution in [0, 0.1) is 0 Å². The Bertz CT molecular complexity index is 1270.